The molecular weight excluding hydrogens is 560 g/mol. The Balaban J connectivity index is 1.22. The maximum Gasteiger partial charge on any atom is 0.245 e. The molecule has 0 aliphatic rings. The lowest BCUT2D eigenvalue weighted by Gasteiger charge is -2.04. The number of aromatic nitrogens is 4. The molecule has 222 valence electrons. The van der Waals surface area contributed by atoms with Crippen LogP contribution in [0.3, 0.4) is 0 Å². The third-order valence-corrected chi connectivity index (χ3v) is 8.86. The van der Waals surface area contributed by atoms with Crippen molar-refractivity contribution in [1.29, 1.82) is 0 Å². The highest BCUT2D eigenvalue weighted by atomic mass is 15.1. The van der Waals surface area contributed by atoms with Gasteiger partial charge in [-0.05, 0) is 69.8 Å². The molecule has 0 unspecified atom stereocenters. The van der Waals surface area contributed by atoms with Crippen LogP contribution in [0.25, 0.3) is 33.2 Å². The van der Waals surface area contributed by atoms with E-state index in [-0.39, 0.29) is 0 Å². The molecule has 2 heterocycles. The quantitative estimate of drug-likeness (QED) is 0.150. The van der Waals surface area contributed by atoms with Gasteiger partial charge in [0, 0.05) is 0 Å². The Bertz CT molecular complexity index is 2070. The van der Waals surface area contributed by atoms with Gasteiger partial charge in [-0.15, -0.1) is 0 Å². The van der Waals surface area contributed by atoms with Gasteiger partial charge in [0.1, 0.15) is 26.2 Å². The standard InChI is InChI=1S/C42H36N4/c1-5-13-33(14-6-1)27-43-31-45(29-35-17-9-3-10-18-35)41-25-37(21-23-39(41)43)38-22-24-40-42(26-38)46(30-36-19-11-4-12-20-36)32-44(40)28-34-15-7-2-8-16-34/h1-26,31-32H,27-30H2/q+2. The summed E-state index contributed by atoms with van der Waals surface area (Å²) in [5.41, 5.74) is 12.5. The summed E-state index contributed by atoms with van der Waals surface area (Å²) in [5, 5.41) is 0. The molecule has 0 N–H and O–H groups in total. The summed E-state index contributed by atoms with van der Waals surface area (Å²) in [6.45, 7) is 3.31. The molecule has 0 aliphatic heterocycles. The summed E-state index contributed by atoms with van der Waals surface area (Å²) >= 11 is 0. The summed E-state index contributed by atoms with van der Waals surface area (Å²) in [5.74, 6) is 0. The predicted molar refractivity (Wildman–Crippen MR) is 185 cm³/mol. The maximum atomic E-state index is 2.39. The van der Waals surface area contributed by atoms with Crippen molar-refractivity contribution in [2.75, 3.05) is 0 Å². The Hall–Kier alpha value is -5.74. The highest BCUT2D eigenvalue weighted by Crippen LogP contribution is 2.28. The third-order valence-electron chi connectivity index (χ3n) is 8.86. The van der Waals surface area contributed by atoms with Crippen molar-refractivity contribution in [2.24, 2.45) is 0 Å². The Kier molecular flexibility index (Phi) is 7.45. The highest BCUT2D eigenvalue weighted by Gasteiger charge is 2.20. The molecule has 8 rings (SSSR count). The van der Waals surface area contributed by atoms with Gasteiger partial charge >= 0.3 is 0 Å². The second-order valence-electron chi connectivity index (χ2n) is 12.1. The molecule has 6 aromatic carbocycles. The lowest BCUT2D eigenvalue weighted by molar-refractivity contribution is -0.663. The van der Waals surface area contributed by atoms with Gasteiger partial charge in [-0.3, -0.25) is 0 Å². The van der Waals surface area contributed by atoms with Crippen molar-refractivity contribution >= 4 is 22.1 Å². The SMILES string of the molecule is c1ccc(Cn2c[n+](Cc3ccccc3)c3ccc(-c4ccc5c(c4)n(Cc4ccccc4)c[n+]5Cc4ccccc4)cc32)cc1. The van der Waals surface area contributed by atoms with E-state index in [0.29, 0.717) is 0 Å². The fraction of sp³-hybridized carbons (Fsp3) is 0.0952. The van der Waals surface area contributed by atoms with Gasteiger partial charge in [0.05, 0.1) is 0 Å². The second-order valence-corrected chi connectivity index (χ2v) is 12.1. The van der Waals surface area contributed by atoms with Crippen molar-refractivity contribution in [3.63, 3.8) is 0 Å². The van der Waals surface area contributed by atoms with E-state index < -0.39 is 0 Å². The van der Waals surface area contributed by atoms with Crippen LogP contribution in [0.1, 0.15) is 22.3 Å². The zero-order chi connectivity index (χ0) is 30.7. The topological polar surface area (TPSA) is 17.6 Å². The lowest BCUT2D eigenvalue weighted by atomic mass is 10.0. The summed E-state index contributed by atoms with van der Waals surface area (Å²) in [4.78, 5) is 0. The van der Waals surface area contributed by atoms with Gasteiger partial charge in [-0.25, -0.2) is 18.3 Å². The first kappa shape index (κ1) is 27.8. The van der Waals surface area contributed by atoms with Crippen molar-refractivity contribution in [3.8, 4) is 11.1 Å². The minimum atomic E-state index is 0.820. The molecule has 46 heavy (non-hydrogen) atoms. The summed E-state index contributed by atoms with van der Waals surface area (Å²) in [7, 11) is 0. The van der Waals surface area contributed by atoms with Gasteiger partial charge < -0.3 is 0 Å². The van der Waals surface area contributed by atoms with Crippen molar-refractivity contribution in [3.05, 3.63) is 193 Å². The molecule has 4 heteroatoms. The minimum Gasteiger partial charge on any atom is -0.226 e. The van der Waals surface area contributed by atoms with Gasteiger partial charge in [0.2, 0.25) is 12.7 Å². The monoisotopic (exact) mass is 596 g/mol. The van der Waals surface area contributed by atoms with Crippen LogP contribution in [-0.2, 0) is 26.2 Å². The van der Waals surface area contributed by atoms with Crippen LogP contribution < -0.4 is 9.13 Å². The molecule has 0 aliphatic carbocycles. The number of benzene rings is 6. The predicted octanol–water partition coefficient (Wildman–Crippen LogP) is 8.03. The molecule has 0 amide bonds. The van der Waals surface area contributed by atoms with E-state index in [2.05, 4.69) is 189 Å². The minimum absolute atomic E-state index is 0.820. The van der Waals surface area contributed by atoms with E-state index in [0.717, 1.165) is 26.2 Å². The Morgan fingerprint density at radius 1 is 0.370 bits per heavy atom. The number of nitrogens with zero attached hydrogens (tertiary/aromatic N) is 4. The van der Waals surface area contributed by atoms with Crippen LogP contribution in [0.2, 0.25) is 0 Å². The number of rotatable bonds is 9. The Morgan fingerprint density at radius 2 is 0.717 bits per heavy atom. The normalized spacial score (nSPS) is 11.4. The van der Waals surface area contributed by atoms with E-state index in [1.807, 2.05) is 0 Å². The van der Waals surface area contributed by atoms with Crippen LogP contribution in [0.5, 0.6) is 0 Å². The lowest BCUT2D eigenvalue weighted by Crippen LogP contribution is -2.32. The molecule has 4 nitrogen and oxygen atoms in total. The van der Waals surface area contributed by atoms with Crippen LogP contribution in [-0.4, -0.2) is 9.13 Å². The Morgan fingerprint density at radius 3 is 1.09 bits per heavy atom. The third kappa shape index (κ3) is 5.73. The molecule has 0 fully saturated rings. The fourth-order valence-corrected chi connectivity index (χ4v) is 6.56. The highest BCUT2D eigenvalue weighted by molar-refractivity contribution is 5.84. The van der Waals surface area contributed by atoms with Gasteiger partial charge in [-0.1, -0.05) is 121 Å². The first-order valence-electron chi connectivity index (χ1n) is 16.0. The van der Waals surface area contributed by atoms with E-state index in [1.165, 1.54) is 55.4 Å². The van der Waals surface area contributed by atoms with E-state index >= 15 is 0 Å². The zero-order valence-electron chi connectivity index (χ0n) is 25.8. The summed E-state index contributed by atoms with van der Waals surface area (Å²) < 4.78 is 9.53. The fourth-order valence-electron chi connectivity index (χ4n) is 6.56. The van der Waals surface area contributed by atoms with E-state index in [4.69, 9.17) is 0 Å². The molecule has 2 aromatic heterocycles. The van der Waals surface area contributed by atoms with Crippen LogP contribution >= 0.6 is 0 Å². The maximum absolute atomic E-state index is 2.39. The van der Waals surface area contributed by atoms with Crippen molar-refractivity contribution in [2.45, 2.75) is 26.2 Å². The zero-order valence-corrected chi connectivity index (χ0v) is 25.8. The number of imidazole rings is 2. The number of hydrogen-bond donors (Lipinski definition) is 0. The molecule has 0 bridgehead atoms. The first-order chi connectivity index (χ1) is 22.8. The van der Waals surface area contributed by atoms with Crippen molar-refractivity contribution < 1.29 is 9.13 Å². The van der Waals surface area contributed by atoms with Crippen LogP contribution in [0.4, 0.5) is 0 Å². The van der Waals surface area contributed by atoms with Crippen LogP contribution in [0.15, 0.2) is 170 Å². The smallest absolute Gasteiger partial charge is 0.226 e. The van der Waals surface area contributed by atoms with E-state index in [1.54, 1.807) is 0 Å². The van der Waals surface area contributed by atoms with E-state index in [9.17, 15) is 0 Å². The van der Waals surface area contributed by atoms with Gasteiger partial charge in [-0.2, -0.15) is 0 Å². The average molecular weight is 597 g/mol. The summed E-state index contributed by atoms with van der Waals surface area (Å²) in [6.07, 6.45) is 4.55. The molecule has 0 atom stereocenters. The number of hydrogen-bond acceptors (Lipinski definition) is 0. The second kappa shape index (κ2) is 12.3. The van der Waals surface area contributed by atoms with Crippen molar-refractivity contribution in [1.82, 2.24) is 9.13 Å². The number of fused-ring (bicyclic) bond motifs is 2. The molecule has 8 aromatic rings. The van der Waals surface area contributed by atoms with Gasteiger partial charge in [0.15, 0.2) is 22.1 Å². The first-order valence-corrected chi connectivity index (χ1v) is 16.0. The molecule has 0 radical (unpaired) electrons. The molecule has 0 saturated heterocycles. The summed E-state index contributed by atoms with van der Waals surface area (Å²) in [6, 6.07) is 56.7. The Labute approximate surface area is 269 Å². The largest absolute Gasteiger partial charge is 0.245 e. The van der Waals surface area contributed by atoms with Gasteiger partial charge in [0.25, 0.3) is 0 Å². The molecule has 0 saturated carbocycles. The average Bonchev–Trinajstić information content (AvgIpc) is 3.62. The van der Waals surface area contributed by atoms with Crippen LogP contribution in [0, 0.1) is 0 Å². The molecule has 0 spiro atoms. The molecular formula is C42H36N4+2.